The van der Waals surface area contributed by atoms with Gasteiger partial charge in [0.1, 0.15) is 18.1 Å². The summed E-state index contributed by atoms with van der Waals surface area (Å²) in [4.78, 5) is 26.8. The summed E-state index contributed by atoms with van der Waals surface area (Å²) in [6, 6.07) is 18.2. The van der Waals surface area contributed by atoms with E-state index in [4.69, 9.17) is 4.74 Å². The van der Waals surface area contributed by atoms with Crippen molar-refractivity contribution in [2.75, 3.05) is 24.5 Å². The van der Waals surface area contributed by atoms with Crippen LogP contribution in [0.1, 0.15) is 24.0 Å². The van der Waals surface area contributed by atoms with Gasteiger partial charge in [0.05, 0.1) is 17.7 Å². The summed E-state index contributed by atoms with van der Waals surface area (Å²) in [5.74, 6) is -0.464. The monoisotopic (exact) mass is 525 g/mol. The Morgan fingerprint density at radius 1 is 1.03 bits per heavy atom. The Balaban J connectivity index is 1.52. The van der Waals surface area contributed by atoms with Crippen LogP contribution in [-0.2, 0) is 32.7 Å². The third-order valence-corrected chi connectivity index (χ3v) is 7.96. The van der Waals surface area contributed by atoms with E-state index in [1.54, 1.807) is 4.90 Å². The minimum atomic E-state index is -4.15. The van der Waals surface area contributed by atoms with Crippen LogP contribution in [0.25, 0.3) is 0 Å². The summed E-state index contributed by atoms with van der Waals surface area (Å²) >= 11 is 0. The Morgan fingerprint density at radius 2 is 1.70 bits per heavy atom. The van der Waals surface area contributed by atoms with Crippen LogP contribution < -0.4 is 14.4 Å². The van der Waals surface area contributed by atoms with E-state index in [0.29, 0.717) is 25.3 Å². The van der Waals surface area contributed by atoms with Crippen LogP contribution in [0, 0.1) is 5.82 Å². The molecule has 4 rings (SSSR count). The van der Waals surface area contributed by atoms with Gasteiger partial charge < -0.3 is 15.0 Å². The first-order valence-corrected chi connectivity index (χ1v) is 13.3. The number of hydrogen-bond acceptors (Lipinski definition) is 5. The molecule has 8 nitrogen and oxygen atoms in total. The second-order valence-electron chi connectivity index (χ2n) is 8.63. The maximum Gasteiger partial charge on any atom is 0.264 e. The number of rotatable bonds is 10. The van der Waals surface area contributed by atoms with E-state index >= 15 is 0 Å². The fourth-order valence-corrected chi connectivity index (χ4v) is 5.56. The zero-order chi connectivity index (χ0) is 26.4. The Bertz CT molecular complexity index is 1360. The fourth-order valence-electron chi connectivity index (χ4n) is 4.14. The molecule has 3 aromatic rings. The van der Waals surface area contributed by atoms with Crippen LogP contribution in [-0.4, -0.2) is 45.3 Å². The number of carbonyl (C=O) groups excluding carboxylic acids is 2. The predicted octanol–water partition coefficient (Wildman–Crippen LogP) is 3.47. The molecule has 0 atom stereocenters. The van der Waals surface area contributed by atoms with Crippen molar-refractivity contribution in [3.8, 4) is 5.75 Å². The van der Waals surface area contributed by atoms with Gasteiger partial charge in [-0.2, -0.15) is 0 Å². The highest BCUT2D eigenvalue weighted by Crippen LogP contribution is 2.25. The van der Waals surface area contributed by atoms with E-state index in [2.05, 4.69) is 5.32 Å². The lowest BCUT2D eigenvalue weighted by Crippen LogP contribution is -2.40. The van der Waals surface area contributed by atoms with Crippen LogP contribution in [0.2, 0.25) is 0 Å². The maximum atomic E-state index is 13.5. The SMILES string of the molecule is COc1ccc(S(=O)(=O)N(CC(=O)NCc2ccccc2CN2CCCC2=O)c2ccc(F)cc2)cc1. The zero-order valence-corrected chi connectivity index (χ0v) is 21.2. The summed E-state index contributed by atoms with van der Waals surface area (Å²) < 4.78 is 46.5. The zero-order valence-electron chi connectivity index (χ0n) is 20.4. The van der Waals surface area contributed by atoms with Crippen molar-refractivity contribution in [2.24, 2.45) is 0 Å². The third kappa shape index (κ3) is 6.26. The first kappa shape index (κ1) is 26.2. The molecule has 37 heavy (non-hydrogen) atoms. The van der Waals surface area contributed by atoms with Gasteiger partial charge in [0.15, 0.2) is 0 Å². The van der Waals surface area contributed by atoms with Crippen molar-refractivity contribution in [2.45, 2.75) is 30.8 Å². The molecule has 1 N–H and O–H groups in total. The molecule has 0 saturated carbocycles. The van der Waals surface area contributed by atoms with Gasteiger partial charge in [0.25, 0.3) is 10.0 Å². The topological polar surface area (TPSA) is 96.0 Å². The molecule has 1 fully saturated rings. The Labute approximate surface area is 215 Å². The normalized spacial score (nSPS) is 13.5. The Hall–Kier alpha value is -3.92. The average Bonchev–Trinajstić information content (AvgIpc) is 3.31. The second-order valence-corrected chi connectivity index (χ2v) is 10.5. The number of anilines is 1. The summed E-state index contributed by atoms with van der Waals surface area (Å²) in [5.41, 5.74) is 1.90. The van der Waals surface area contributed by atoms with E-state index in [9.17, 15) is 22.4 Å². The van der Waals surface area contributed by atoms with Gasteiger partial charge in [-0.05, 0) is 66.1 Å². The van der Waals surface area contributed by atoms with Crippen molar-refractivity contribution < 1.29 is 27.1 Å². The van der Waals surface area contributed by atoms with Crippen LogP contribution in [0.4, 0.5) is 10.1 Å². The number of carbonyl (C=O) groups is 2. The number of amides is 2. The minimum absolute atomic E-state index is 0.0361. The lowest BCUT2D eigenvalue weighted by atomic mass is 10.1. The van der Waals surface area contributed by atoms with Gasteiger partial charge in [-0.15, -0.1) is 0 Å². The first-order chi connectivity index (χ1) is 17.8. The number of nitrogens with zero attached hydrogens (tertiary/aromatic N) is 2. The molecule has 3 aromatic carbocycles. The van der Waals surface area contributed by atoms with Crippen molar-refractivity contribution in [3.63, 3.8) is 0 Å². The van der Waals surface area contributed by atoms with E-state index < -0.39 is 28.3 Å². The van der Waals surface area contributed by atoms with Crippen molar-refractivity contribution in [3.05, 3.63) is 89.7 Å². The highest BCUT2D eigenvalue weighted by Gasteiger charge is 2.27. The number of benzene rings is 3. The molecule has 0 unspecified atom stereocenters. The number of ether oxygens (including phenoxy) is 1. The molecule has 1 heterocycles. The number of sulfonamides is 1. The standard InChI is InChI=1S/C27H28FN3O5S/c1-36-24-12-14-25(15-13-24)37(34,35)31(23-10-8-22(28)9-11-23)19-26(32)29-17-20-5-2-3-6-21(20)18-30-16-4-7-27(30)33/h2-3,5-6,8-15H,4,7,16-19H2,1H3,(H,29,32). The number of likely N-dealkylation sites (tertiary alicyclic amines) is 1. The number of hydrogen-bond donors (Lipinski definition) is 1. The van der Waals surface area contributed by atoms with E-state index in [0.717, 1.165) is 34.0 Å². The molecule has 0 radical (unpaired) electrons. The number of nitrogens with one attached hydrogen (secondary N) is 1. The predicted molar refractivity (Wildman–Crippen MR) is 137 cm³/mol. The van der Waals surface area contributed by atoms with Crippen LogP contribution in [0.3, 0.4) is 0 Å². The summed E-state index contributed by atoms with van der Waals surface area (Å²) in [6.45, 7) is 0.817. The van der Waals surface area contributed by atoms with Gasteiger partial charge >= 0.3 is 0 Å². The summed E-state index contributed by atoms with van der Waals surface area (Å²) in [5, 5.41) is 2.79. The molecule has 10 heteroatoms. The van der Waals surface area contributed by atoms with Crippen molar-refractivity contribution in [1.82, 2.24) is 10.2 Å². The van der Waals surface area contributed by atoms with Crippen LogP contribution in [0.5, 0.6) is 5.75 Å². The molecular formula is C27H28FN3O5S. The second kappa shape index (κ2) is 11.4. The lowest BCUT2D eigenvalue weighted by molar-refractivity contribution is -0.128. The van der Waals surface area contributed by atoms with Crippen LogP contribution >= 0.6 is 0 Å². The van der Waals surface area contributed by atoms with E-state index in [1.165, 1.54) is 43.5 Å². The molecule has 0 aromatic heterocycles. The van der Waals surface area contributed by atoms with Gasteiger partial charge in [-0.25, -0.2) is 12.8 Å². The fraction of sp³-hybridized carbons (Fsp3) is 0.259. The molecule has 0 spiro atoms. The van der Waals surface area contributed by atoms with Gasteiger partial charge in [0.2, 0.25) is 11.8 Å². The first-order valence-electron chi connectivity index (χ1n) is 11.8. The molecule has 1 saturated heterocycles. The lowest BCUT2D eigenvalue weighted by Gasteiger charge is -2.24. The average molecular weight is 526 g/mol. The largest absolute Gasteiger partial charge is 0.497 e. The molecule has 194 valence electrons. The van der Waals surface area contributed by atoms with Gasteiger partial charge in [-0.1, -0.05) is 24.3 Å². The molecule has 1 aliphatic heterocycles. The maximum absolute atomic E-state index is 13.5. The summed E-state index contributed by atoms with van der Waals surface area (Å²) in [7, 11) is -2.68. The minimum Gasteiger partial charge on any atom is -0.497 e. The van der Waals surface area contributed by atoms with Gasteiger partial charge in [-0.3, -0.25) is 13.9 Å². The molecule has 2 amide bonds. The van der Waals surface area contributed by atoms with Gasteiger partial charge in [0, 0.05) is 26.1 Å². The van der Waals surface area contributed by atoms with Crippen molar-refractivity contribution >= 4 is 27.5 Å². The Kier molecular flexibility index (Phi) is 8.08. The molecule has 0 bridgehead atoms. The Morgan fingerprint density at radius 3 is 2.32 bits per heavy atom. The van der Waals surface area contributed by atoms with Crippen LogP contribution in [0.15, 0.2) is 77.7 Å². The third-order valence-electron chi connectivity index (χ3n) is 6.18. The number of methoxy groups -OCH3 is 1. The molecule has 0 aliphatic carbocycles. The molecular weight excluding hydrogens is 497 g/mol. The summed E-state index contributed by atoms with van der Waals surface area (Å²) in [6.07, 6.45) is 1.38. The van der Waals surface area contributed by atoms with Crippen molar-refractivity contribution in [1.29, 1.82) is 0 Å². The molecule has 1 aliphatic rings. The highest BCUT2D eigenvalue weighted by atomic mass is 32.2. The number of halogens is 1. The van der Waals surface area contributed by atoms with E-state index in [-0.39, 0.29) is 23.0 Å². The highest BCUT2D eigenvalue weighted by molar-refractivity contribution is 7.92. The quantitative estimate of drug-likeness (QED) is 0.437. The van der Waals surface area contributed by atoms with E-state index in [1.807, 2.05) is 24.3 Å². The smallest absolute Gasteiger partial charge is 0.264 e.